The van der Waals surface area contributed by atoms with Crippen LogP contribution in [0, 0.1) is 12.3 Å². The molecule has 4 rings (SSSR count). The van der Waals surface area contributed by atoms with Gasteiger partial charge in [-0.25, -0.2) is 0 Å². The zero-order valence-electron chi connectivity index (χ0n) is 12.6. The molecule has 0 radical (unpaired) electrons. The average molecular weight is 296 g/mol. The molecule has 0 saturated heterocycles. The second-order valence-corrected chi connectivity index (χ2v) is 5.88. The van der Waals surface area contributed by atoms with Crippen molar-refractivity contribution in [3.8, 4) is 23.5 Å². The fourth-order valence-electron chi connectivity index (χ4n) is 3.63. The quantitative estimate of drug-likeness (QED) is 0.698. The Bertz CT molecular complexity index is 859. The van der Waals surface area contributed by atoms with E-state index in [0.29, 0.717) is 0 Å². The number of hydrogen-bond donors (Lipinski definition) is 1. The van der Waals surface area contributed by atoms with Crippen LogP contribution in [0.2, 0.25) is 0 Å². The van der Waals surface area contributed by atoms with Gasteiger partial charge in [-0.1, -0.05) is 84.8 Å². The topological polar surface area (TPSA) is 20.2 Å². The average Bonchev–Trinajstić information content (AvgIpc) is 2.97. The highest BCUT2D eigenvalue weighted by Gasteiger charge is 2.44. The molecule has 0 heterocycles. The van der Waals surface area contributed by atoms with Crippen LogP contribution in [0.15, 0.2) is 78.9 Å². The fourth-order valence-corrected chi connectivity index (χ4v) is 3.63. The van der Waals surface area contributed by atoms with Crippen molar-refractivity contribution in [2.24, 2.45) is 0 Å². The first-order valence-electron chi connectivity index (χ1n) is 7.69. The predicted molar refractivity (Wildman–Crippen MR) is 92.9 cm³/mol. The van der Waals surface area contributed by atoms with Gasteiger partial charge in [0.25, 0.3) is 0 Å². The first-order valence-corrected chi connectivity index (χ1v) is 7.69. The monoisotopic (exact) mass is 296 g/mol. The number of aliphatic hydroxyl groups is 1. The Hall–Kier alpha value is -2.82. The molecule has 23 heavy (non-hydrogen) atoms. The molecular weight excluding hydrogens is 280 g/mol. The molecule has 3 aromatic rings. The van der Waals surface area contributed by atoms with Crippen LogP contribution in [0.25, 0.3) is 11.1 Å². The van der Waals surface area contributed by atoms with Crippen molar-refractivity contribution < 1.29 is 5.11 Å². The van der Waals surface area contributed by atoms with Gasteiger partial charge in [-0.3, -0.25) is 0 Å². The molecule has 0 bridgehead atoms. The molecule has 1 heteroatoms. The molecule has 1 aliphatic carbocycles. The van der Waals surface area contributed by atoms with Crippen LogP contribution in [0.1, 0.15) is 22.6 Å². The molecular formula is C22H16O. The predicted octanol–water partition coefficient (Wildman–Crippen LogP) is 4.32. The first-order chi connectivity index (χ1) is 11.3. The minimum absolute atomic E-state index is 0.262. The van der Waals surface area contributed by atoms with Gasteiger partial charge in [0, 0.05) is 0 Å². The van der Waals surface area contributed by atoms with Crippen LogP contribution in [0.4, 0.5) is 0 Å². The van der Waals surface area contributed by atoms with Crippen molar-refractivity contribution >= 4 is 0 Å². The van der Waals surface area contributed by atoms with E-state index in [1.807, 2.05) is 54.6 Å². The van der Waals surface area contributed by atoms with E-state index in [9.17, 15) is 5.11 Å². The van der Waals surface area contributed by atoms with Gasteiger partial charge in [0.1, 0.15) is 0 Å². The summed E-state index contributed by atoms with van der Waals surface area (Å²) in [6, 6.07) is 25.9. The van der Waals surface area contributed by atoms with Crippen molar-refractivity contribution in [1.82, 2.24) is 0 Å². The third kappa shape index (κ3) is 1.93. The van der Waals surface area contributed by atoms with Crippen LogP contribution < -0.4 is 0 Å². The van der Waals surface area contributed by atoms with Gasteiger partial charge >= 0.3 is 0 Å². The Labute approximate surface area is 136 Å². The van der Waals surface area contributed by atoms with Gasteiger partial charge in [0.05, 0.1) is 5.92 Å². The SMILES string of the molecule is C#CC(O)(c1ccccc1)C1c2ccccc2-c2ccccc21. The summed E-state index contributed by atoms with van der Waals surface area (Å²) >= 11 is 0. The summed E-state index contributed by atoms with van der Waals surface area (Å²) in [6.07, 6.45) is 5.83. The number of rotatable bonds is 2. The molecule has 0 spiro atoms. The van der Waals surface area contributed by atoms with E-state index in [-0.39, 0.29) is 5.92 Å². The minimum Gasteiger partial charge on any atom is -0.372 e. The maximum atomic E-state index is 11.4. The largest absolute Gasteiger partial charge is 0.372 e. The lowest BCUT2D eigenvalue weighted by atomic mass is 9.76. The van der Waals surface area contributed by atoms with Crippen LogP contribution in [0.3, 0.4) is 0 Å². The van der Waals surface area contributed by atoms with E-state index in [1.54, 1.807) is 0 Å². The van der Waals surface area contributed by atoms with Crippen LogP contribution in [-0.2, 0) is 5.60 Å². The minimum atomic E-state index is -1.37. The van der Waals surface area contributed by atoms with E-state index < -0.39 is 5.60 Å². The van der Waals surface area contributed by atoms with E-state index in [0.717, 1.165) is 27.8 Å². The van der Waals surface area contributed by atoms with Crippen LogP contribution >= 0.6 is 0 Å². The van der Waals surface area contributed by atoms with E-state index in [1.165, 1.54) is 0 Å². The smallest absolute Gasteiger partial charge is 0.161 e. The summed E-state index contributed by atoms with van der Waals surface area (Å²) < 4.78 is 0. The first kappa shape index (κ1) is 13.8. The highest BCUT2D eigenvalue weighted by molar-refractivity contribution is 5.80. The van der Waals surface area contributed by atoms with Crippen molar-refractivity contribution in [3.63, 3.8) is 0 Å². The summed E-state index contributed by atoms with van der Waals surface area (Å²) in [6.45, 7) is 0. The second-order valence-electron chi connectivity index (χ2n) is 5.88. The van der Waals surface area contributed by atoms with Crippen molar-refractivity contribution in [1.29, 1.82) is 0 Å². The third-order valence-electron chi connectivity index (χ3n) is 4.69. The van der Waals surface area contributed by atoms with E-state index >= 15 is 0 Å². The maximum absolute atomic E-state index is 11.4. The number of hydrogen-bond acceptors (Lipinski definition) is 1. The Kier molecular flexibility index (Phi) is 3.08. The van der Waals surface area contributed by atoms with E-state index in [2.05, 4.69) is 30.2 Å². The van der Waals surface area contributed by atoms with Gasteiger partial charge < -0.3 is 5.11 Å². The molecule has 1 atom stereocenters. The summed E-state index contributed by atoms with van der Waals surface area (Å²) in [7, 11) is 0. The molecule has 1 nitrogen and oxygen atoms in total. The molecule has 1 aliphatic rings. The van der Waals surface area contributed by atoms with Gasteiger partial charge in [0.15, 0.2) is 5.60 Å². The Morgan fingerprint density at radius 3 is 1.74 bits per heavy atom. The molecule has 3 aromatic carbocycles. The molecule has 0 amide bonds. The summed E-state index contributed by atoms with van der Waals surface area (Å²) in [5, 5.41) is 11.4. The summed E-state index contributed by atoms with van der Waals surface area (Å²) in [5.74, 6) is 2.41. The third-order valence-corrected chi connectivity index (χ3v) is 4.69. The number of benzene rings is 3. The maximum Gasteiger partial charge on any atom is 0.161 e. The van der Waals surface area contributed by atoms with Crippen molar-refractivity contribution in [2.75, 3.05) is 0 Å². The number of fused-ring (bicyclic) bond motifs is 3. The number of terminal acetylenes is 1. The second kappa shape index (κ2) is 5.12. The molecule has 0 aliphatic heterocycles. The Morgan fingerprint density at radius 1 is 0.739 bits per heavy atom. The Balaban J connectivity index is 2.00. The molecule has 0 fully saturated rings. The zero-order chi connectivity index (χ0) is 15.9. The molecule has 0 saturated carbocycles. The normalized spacial score (nSPS) is 15.3. The Morgan fingerprint density at radius 2 is 1.22 bits per heavy atom. The lowest BCUT2D eigenvalue weighted by Gasteiger charge is -2.31. The zero-order valence-corrected chi connectivity index (χ0v) is 12.6. The van der Waals surface area contributed by atoms with Gasteiger partial charge in [-0.05, 0) is 27.8 Å². The highest BCUT2D eigenvalue weighted by atomic mass is 16.3. The van der Waals surface area contributed by atoms with Gasteiger partial charge in [-0.15, -0.1) is 6.42 Å². The van der Waals surface area contributed by atoms with Crippen molar-refractivity contribution in [3.05, 3.63) is 95.6 Å². The lowest BCUT2D eigenvalue weighted by molar-refractivity contribution is 0.0832. The fraction of sp³-hybridized carbons (Fsp3) is 0.0909. The highest BCUT2D eigenvalue weighted by Crippen LogP contribution is 2.52. The summed E-state index contributed by atoms with van der Waals surface area (Å²) in [4.78, 5) is 0. The summed E-state index contributed by atoms with van der Waals surface area (Å²) in [5.41, 5.74) is 3.84. The molecule has 1 unspecified atom stereocenters. The van der Waals surface area contributed by atoms with E-state index in [4.69, 9.17) is 6.42 Å². The van der Waals surface area contributed by atoms with Crippen LogP contribution in [-0.4, -0.2) is 5.11 Å². The standard InChI is InChI=1S/C22H16O/c1-2-22(23,16-10-4-3-5-11-16)21-19-14-8-6-12-17(19)18-13-7-9-15-20(18)21/h1,3-15,21,23H. The lowest BCUT2D eigenvalue weighted by Crippen LogP contribution is -2.31. The van der Waals surface area contributed by atoms with Gasteiger partial charge in [-0.2, -0.15) is 0 Å². The van der Waals surface area contributed by atoms with Crippen LogP contribution in [0.5, 0.6) is 0 Å². The molecule has 0 aromatic heterocycles. The van der Waals surface area contributed by atoms with Crippen molar-refractivity contribution in [2.45, 2.75) is 11.5 Å². The molecule has 110 valence electrons. The van der Waals surface area contributed by atoms with Gasteiger partial charge in [0.2, 0.25) is 0 Å². The molecule has 1 N–H and O–H groups in total.